The summed E-state index contributed by atoms with van der Waals surface area (Å²) in [6.45, 7) is 3.72. The quantitative estimate of drug-likeness (QED) is 0.515. The predicted molar refractivity (Wildman–Crippen MR) is 99.1 cm³/mol. The van der Waals surface area contributed by atoms with Gasteiger partial charge in [0.1, 0.15) is 6.04 Å². The normalized spacial score (nSPS) is 20.7. The third-order valence-corrected chi connectivity index (χ3v) is 5.16. The summed E-state index contributed by atoms with van der Waals surface area (Å²) in [6.07, 6.45) is 2.60. The Hall–Kier alpha value is -2.74. The van der Waals surface area contributed by atoms with Crippen LogP contribution in [0.2, 0.25) is 0 Å². The van der Waals surface area contributed by atoms with Gasteiger partial charge in [-0.1, -0.05) is 6.07 Å². The number of benzene rings is 1. The maximum atomic E-state index is 13.0. The molecule has 0 bridgehead atoms. The minimum absolute atomic E-state index is 0.102. The molecular weight excluding hydrogens is 348 g/mol. The SMILES string of the molecule is Cc1c(NC2CCNCC2)cccc1C(=O)N(C=O)C1CCC(=O)NC1=O. The second kappa shape index (κ2) is 8.30. The lowest BCUT2D eigenvalue weighted by Gasteiger charge is -2.29. The second-order valence-corrected chi connectivity index (χ2v) is 6.93. The van der Waals surface area contributed by atoms with Crippen LogP contribution in [0.15, 0.2) is 18.2 Å². The molecule has 2 fully saturated rings. The van der Waals surface area contributed by atoms with Crippen LogP contribution in [0.25, 0.3) is 0 Å². The lowest BCUT2D eigenvalue weighted by Crippen LogP contribution is -2.53. The van der Waals surface area contributed by atoms with Gasteiger partial charge in [0.2, 0.25) is 18.2 Å². The molecule has 1 atom stereocenters. The van der Waals surface area contributed by atoms with Gasteiger partial charge in [-0.3, -0.25) is 29.4 Å². The number of nitrogens with zero attached hydrogens (tertiary/aromatic N) is 1. The van der Waals surface area contributed by atoms with Crippen molar-refractivity contribution in [3.63, 3.8) is 0 Å². The minimum atomic E-state index is -0.965. The molecule has 0 saturated carbocycles. The third-order valence-electron chi connectivity index (χ3n) is 5.16. The summed E-state index contributed by atoms with van der Waals surface area (Å²) in [5.41, 5.74) is 1.95. The van der Waals surface area contributed by atoms with Crippen molar-refractivity contribution in [1.82, 2.24) is 15.5 Å². The van der Waals surface area contributed by atoms with Gasteiger partial charge < -0.3 is 10.6 Å². The van der Waals surface area contributed by atoms with Gasteiger partial charge in [0.05, 0.1) is 0 Å². The average Bonchev–Trinajstić information content (AvgIpc) is 2.66. The number of hydrogen-bond acceptors (Lipinski definition) is 6. The van der Waals surface area contributed by atoms with Crippen molar-refractivity contribution >= 4 is 29.8 Å². The number of rotatable bonds is 5. The largest absolute Gasteiger partial charge is 0.382 e. The number of amides is 4. The molecule has 0 radical (unpaired) electrons. The van der Waals surface area contributed by atoms with E-state index < -0.39 is 17.9 Å². The van der Waals surface area contributed by atoms with Gasteiger partial charge in [-0.2, -0.15) is 0 Å². The molecule has 0 aliphatic carbocycles. The fourth-order valence-electron chi connectivity index (χ4n) is 3.56. The van der Waals surface area contributed by atoms with Crippen LogP contribution in [0.1, 0.15) is 41.6 Å². The second-order valence-electron chi connectivity index (χ2n) is 6.93. The van der Waals surface area contributed by atoms with E-state index in [-0.39, 0.29) is 18.7 Å². The van der Waals surface area contributed by atoms with Crippen LogP contribution in [0.3, 0.4) is 0 Å². The molecule has 27 heavy (non-hydrogen) atoms. The molecular formula is C19H24N4O4. The predicted octanol–water partition coefficient (Wildman–Crippen LogP) is 0.563. The number of hydrogen-bond donors (Lipinski definition) is 3. The van der Waals surface area contributed by atoms with Crippen molar-refractivity contribution in [3.05, 3.63) is 29.3 Å². The minimum Gasteiger partial charge on any atom is -0.382 e. The topological polar surface area (TPSA) is 108 Å². The van der Waals surface area contributed by atoms with Crippen LogP contribution in [0.4, 0.5) is 5.69 Å². The van der Waals surface area contributed by atoms with E-state index in [4.69, 9.17) is 0 Å². The Kier molecular flexibility index (Phi) is 5.85. The summed E-state index contributed by atoms with van der Waals surface area (Å²) in [5.74, 6) is -1.54. The van der Waals surface area contributed by atoms with Gasteiger partial charge in [-0.15, -0.1) is 0 Å². The molecule has 3 rings (SSSR count). The van der Waals surface area contributed by atoms with Gasteiger partial charge in [-0.05, 0) is 57.0 Å². The monoisotopic (exact) mass is 372 g/mol. The van der Waals surface area contributed by atoms with E-state index in [1.165, 1.54) is 0 Å². The van der Waals surface area contributed by atoms with Gasteiger partial charge >= 0.3 is 0 Å². The van der Waals surface area contributed by atoms with E-state index >= 15 is 0 Å². The molecule has 1 aromatic rings. The van der Waals surface area contributed by atoms with Crippen molar-refractivity contribution in [2.45, 2.75) is 44.7 Å². The van der Waals surface area contributed by atoms with Crippen molar-refractivity contribution < 1.29 is 19.2 Å². The summed E-state index contributed by atoms with van der Waals surface area (Å²) in [6, 6.07) is 4.68. The van der Waals surface area contributed by atoms with E-state index in [1.807, 2.05) is 13.0 Å². The maximum Gasteiger partial charge on any atom is 0.261 e. The standard InChI is InChI=1S/C19H24N4O4/c1-12-14(3-2-4-15(12)21-13-7-9-20-10-8-13)19(27)23(11-24)16-5-6-17(25)22-18(16)26/h2-4,11,13,16,20-21H,5-10H2,1H3,(H,22,25,26). The van der Waals surface area contributed by atoms with Crippen LogP contribution in [-0.2, 0) is 14.4 Å². The first-order chi connectivity index (χ1) is 13.0. The number of imide groups is 2. The Bertz CT molecular complexity index is 758. The van der Waals surface area contributed by atoms with Gasteiger partial charge in [0, 0.05) is 23.7 Å². The number of nitrogens with one attached hydrogen (secondary N) is 3. The Labute approximate surface area is 157 Å². The summed E-state index contributed by atoms with van der Waals surface area (Å²) in [5, 5.41) is 8.96. The van der Waals surface area contributed by atoms with Crippen LogP contribution in [0.5, 0.6) is 0 Å². The first-order valence-electron chi connectivity index (χ1n) is 9.19. The van der Waals surface area contributed by atoms with Crippen LogP contribution >= 0.6 is 0 Å². The van der Waals surface area contributed by atoms with Crippen molar-refractivity contribution in [3.8, 4) is 0 Å². The van der Waals surface area contributed by atoms with Crippen molar-refractivity contribution in [1.29, 1.82) is 0 Å². The zero-order valence-electron chi connectivity index (χ0n) is 15.3. The fourth-order valence-corrected chi connectivity index (χ4v) is 3.56. The van der Waals surface area contributed by atoms with Crippen molar-refractivity contribution in [2.24, 2.45) is 0 Å². The third kappa shape index (κ3) is 4.16. The molecule has 0 spiro atoms. The van der Waals surface area contributed by atoms with Gasteiger partial charge in [0.15, 0.2) is 0 Å². The molecule has 8 nitrogen and oxygen atoms in total. The lowest BCUT2D eigenvalue weighted by atomic mass is 10.00. The number of piperidine rings is 2. The molecule has 3 N–H and O–H groups in total. The summed E-state index contributed by atoms with van der Waals surface area (Å²) < 4.78 is 0. The number of carbonyl (C=O) groups excluding carboxylic acids is 4. The molecule has 0 aromatic heterocycles. The van der Waals surface area contributed by atoms with E-state index in [9.17, 15) is 19.2 Å². The molecule has 2 aliphatic rings. The van der Waals surface area contributed by atoms with E-state index in [1.54, 1.807) is 12.1 Å². The fraction of sp³-hybridized carbons (Fsp3) is 0.474. The number of anilines is 1. The zero-order valence-corrected chi connectivity index (χ0v) is 15.3. The van der Waals surface area contributed by atoms with Crippen LogP contribution in [0, 0.1) is 6.92 Å². The lowest BCUT2D eigenvalue weighted by molar-refractivity contribution is -0.139. The van der Waals surface area contributed by atoms with Crippen LogP contribution in [-0.4, -0.2) is 54.2 Å². The first-order valence-corrected chi connectivity index (χ1v) is 9.19. The Morgan fingerprint density at radius 2 is 1.96 bits per heavy atom. The van der Waals surface area contributed by atoms with Gasteiger partial charge in [-0.25, -0.2) is 0 Å². The molecule has 1 unspecified atom stereocenters. The highest BCUT2D eigenvalue weighted by Gasteiger charge is 2.35. The summed E-state index contributed by atoms with van der Waals surface area (Å²) in [4.78, 5) is 48.8. The van der Waals surface area contributed by atoms with Crippen LogP contribution < -0.4 is 16.0 Å². The maximum absolute atomic E-state index is 13.0. The van der Waals surface area contributed by atoms with Crippen molar-refractivity contribution in [2.75, 3.05) is 18.4 Å². The molecule has 2 aliphatic heterocycles. The Morgan fingerprint density at radius 3 is 2.63 bits per heavy atom. The molecule has 1 aromatic carbocycles. The smallest absolute Gasteiger partial charge is 0.261 e. The van der Waals surface area contributed by atoms with Gasteiger partial charge in [0.25, 0.3) is 5.91 Å². The number of carbonyl (C=O) groups is 4. The molecule has 8 heteroatoms. The first kappa shape index (κ1) is 19.0. The highest BCUT2D eigenvalue weighted by Crippen LogP contribution is 2.24. The summed E-state index contributed by atoms with van der Waals surface area (Å²) in [7, 11) is 0. The van der Waals surface area contributed by atoms with E-state index in [0.717, 1.165) is 42.1 Å². The Morgan fingerprint density at radius 1 is 1.22 bits per heavy atom. The molecule has 2 saturated heterocycles. The summed E-state index contributed by atoms with van der Waals surface area (Å²) >= 11 is 0. The van der Waals surface area contributed by atoms with E-state index in [2.05, 4.69) is 16.0 Å². The average molecular weight is 372 g/mol. The Balaban J connectivity index is 1.80. The highest BCUT2D eigenvalue weighted by molar-refractivity contribution is 6.08. The molecule has 2 heterocycles. The zero-order chi connectivity index (χ0) is 19.4. The molecule has 144 valence electrons. The van der Waals surface area contributed by atoms with E-state index in [0.29, 0.717) is 18.0 Å². The molecule has 4 amide bonds. The highest BCUT2D eigenvalue weighted by atomic mass is 16.2.